The van der Waals surface area contributed by atoms with Gasteiger partial charge in [-0.25, -0.2) is 40.9 Å². The Morgan fingerprint density at radius 2 is 1.81 bits per heavy atom. The van der Waals surface area contributed by atoms with Crippen molar-refractivity contribution in [3.8, 4) is 32.4 Å². The van der Waals surface area contributed by atoms with Crippen LogP contribution < -0.4 is 5.32 Å². The zero-order valence-electron chi connectivity index (χ0n) is 21.3. The molecule has 2 aromatic carbocycles. The topological polar surface area (TPSA) is 97.7 Å². The lowest BCUT2D eigenvalue weighted by atomic mass is 10.1. The van der Waals surface area contributed by atoms with Crippen LogP contribution in [0.15, 0.2) is 66.0 Å². The first kappa shape index (κ1) is 28.2. The molecule has 0 unspecified atom stereocenters. The van der Waals surface area contributed by atoms with Gasteiger partial charge in [0.1, 0.15) is 27.4 Å². The fraction of sp³-hybridized carbons (Fsp3) is 0.143. The van der Waals surface area contributed by atoms with Crippen LogP contribution in [0.25, 0.3) is 32.4 Å². The summed E-state index contributed by atoms with van der Waals surface area (Å²) in [6.45, 7) is 0. The largest absolute Gasteiger partial charge is 0.351 e. The lowest BCUT2D eigenvalue weighted by Crippen LogP contribution is -2.11. The fourth-order valence-corrected chi connectivity index (χ4v) is 7.01. The summed E-state index contributed by atoms with van der Waals surface area (Å²) in [5.41, 5.74) is 0.401. The van der Waals surface area contributed by atoms with Gasteiger partial charge >= 0.3 is 0 Å². The monoisotopic (exact) mass is 631 g/mol. The second-order valence-electron chi connectivity index (χ2n) is 9.48. The summed E-state index contributed by atoms with van der Waals surface area (Å²) in [6.07, 6.45) is 5.95. The van der Waals surface area contributed by atoms with Gasteiger partial charge in [-0.1, -0.05) is 23.7 Å². The standard InChI is InChI=1S/C28H18ClF4N5O2S2/c29-19-6-7-20(31)26(23(19)33)42(39,40)13-14-2-1-3-18(22(14)32)24-25(21-8-9-35-28(37-21)36-17-4-5-17)41-27(38-24)15-10-16(30)12-34-11-15/h1-3,6-12,17H,4-5,13H2,(H,35,36,37). The van der Waals surface area contributed by atoms with Gasteiger partial charge in [-0.3, -0.25) is 4.98 Å². The minimum atomic E-state index is -4.71. The molecule has 0 bridgehead atoms. The van der Waals surface area contributed by atoms with Crippen LogP contribution in [0.4, 0.5) is 23.5 Å². The van der Waals surface area contributed by atoms with Gasteiger partial charge in [-0.05, 0) is 43.2 Å². The Morgan fingerprint density at radius 1 is 1.00 bits per heavy atom. The van der Waals surface area contributed by atoms with Crippen LogP contribution >= 0.6 is 22.9 Å². The van der Waals surface area contributed by atoms with E-state index in [9.17, 15) is 21.6 Å². The highest BCUT2D eigenvalue weighted by molar-refractivity contribution is 7.90. The third-order valence-electron chi connectivity index (χ3n) is 6.37. The summed E-state index contributed by atoms with van der Waals surface area (Å²) in [7, 11) is -4.71. The second kappa shape index (κ2) is 11.0. The van der Waals surface area contributed by atoms with Crippen LogP contribution in [-0.4, -0.2) is 34.4 Å². The fourth-order valence-electron chi connectivity index (χ4n) is 4.24. The molecule has 3 heterocycles. The van der Waals surface area contributed by atoms with E-state index in [0.717, 1.165) is 42.5 Å². The molecule has 42 heavy (non-hydrogen) atoms. The van der Waals surface area contributed by atoms with Gasteiger partial charge in [0.2, 0.25) is 5.95 Å². The molecule has 7 nitrogen and oxygen atoms in total. The zero-order chi connectivity index (χ0) is 29.6. The molecule has 1 aliphatic rings. The first-order valence-electron chi connectivity index (χ1n) is 12.5. The maximum Gasteiger partial charge on any atom is 0.223 e. The lowest BCUT2D eigenvalue weighted by molar-refractivity contribution is 0.518. The molecular weight excluding hydrogens is 614 g/mol. The number of sulfone groups is 1. The predicted octanol–water partition coefficient (Wildman–Crippen LogP) is 7.09. The number of benzene rings is 2. The third-order valence-corrected chi connectivity index (χ3v) is 9.48. The number of nitrogens with one attached hydrogen (secondary N) is 1. The van der Waals surface area contributed by atoms with Crippen molar-refractivity contribution in [3.63, 3.8) is 0 Å². The van der Waals surface area contributed by atoms with Gasteiger partial charge in [-0.2, -0.15) is 0 Å². The molecule has 3 aromatic heterocycles. The zero-order valence-corrected chi connectivity index (χ0v) is 23.7. The number of thiazole rings is 1. The van der Waals surface area contributed by atoms with Crippen LogP contribution in [0.3, 0.4) is 0 Å². The minimum absolute atomic E-state index is 0.0908. The van der Waals surface area contributed by atoms with Gasteiger partial charge in [0.25, 0.3) is 0 Å². The summed E-state index contributed by atoms with van der Waals surface area (Å²) < 4.78 is 85.1. The molecule has 6 rings (SSSR count). The van der Waals surface area contributed by atoms with E-state index < -0.39 is 48.8 Å². The van der Waals surface area contributed by atoms with Gasteiger partial charge in [-0.15, -0.1) is 11.3 Å². The Labute approximate surface area is 246 Å². The molecule has 14 heteroatoms. The lowest BCUT2D eigenvalue weighted by Gasteiger charge is -2.11. The van der Waals surface area contributed by atoms with Crippen LogP contribution in [0.5, 0.6) is 0 Å². The van der Waals surface area contributed by atoms with Crippen LogP contribution in [0, 0.1) is 23.3 Å². The van der Waals surface area contributed by atoms with Crippen molar-refractivity contribution >= 4 is 38.7 Å². The molecule has 1 fully saturated rings. The van der Waals surface area contributed by atoms with Crippen molar-refractivity contribution in [1.29, 1.82) is 0 Å². The van der Waals surface area contributed by atoms with Crippen molar-refractivity contribution in [1.82, 2.24) is 19.9 Å². The van der Waals surface area contributed by atoms with E-state index in [-0.39, 0.29) is 22.9 Å². The second-order valence-corrected chi connectivity index (χ2v) is 12.8. The molecule has 0 amide bonds. The number of pyridine rings is 1. The average molecular weight is 632 g/mol. The quantitative estimate of drug-likeness (QED) is 0.144. The number of hydrogen-bond acceptors (Lipinski definition) is 8. The number of nitrogens with zero attached hydrogens (tertiary/aromatic N) is 4. The number of hydrogen-bond donors (Lipinski definition) is 1. The van der Waals surface area contributed by atoms with Gasteiger partial charge in [0.05, 0.1) is 33.2 Å². The van der Waals surface area contributed by atoms with Crippen LogP contribution in [0.2, 0.25) is 5.02 Å². The average Bonchev–Trinajstić information content (AvgIpc) is 3.66. The first-order valence-corrected chi connectivity index (χ1v) is 15.3. The van der Waals surface area contributed by atoms with Crippen molar-refractivity contribution in [3.05, 3.63) is 94.9 Å². The summed E-state index contributed by atoms with van der Waals surface area (Å²) in [6, 6.07) is 8.71. The molecule has 0 atom stereocenters. The smallest absolute Gasteiger partial charge is 0.223 e. The Bertz CT molecular complexity index is 1950. The molecule has 0 saturated heterocycles. The van der Waals surface area contributed by atoms with Gasteiger partial charge < -0.3 is 5.32 Å². The Kier molecular flexibility index (Phi) is 7.41. The summed E-state index contributed by atoms with van der Waals surface area (Å²) in [5.74, 6) is -5.04. The van der Waals surface area contributed by atoms with E-state index in [1.165, 1.54) is 36.7 Å². The number of halogens is 5. The summed E-state index contributed by atoms with van der Waals surface area (Å²) in [4.78, 5) is 16.4. The molecule has 1 saturated carbocycles. The Morgan fingerprint density at radius 3 is 2.57 bits per heavy atom. The first-order chi connectivity index (χ1) is 20.1. The molecule has 0 aliphatic heterocycles. The molecular formula is C28H18ClF4N5O2S2. The molecule has 1 N–H and O–H groups in total. The SMILES string of the molecule is O=S(=O)(Cc1cccc(-c2nc(-c3cncc(F)c3)sc2-c2ccnc(NC3CC3)n2)c1F)c1c(F)ccc(Cl)c1F. The summed E-state index contributed by atoms with van der Waals surface area (Å²) in [5, 5.41) is 2.92. The van der Waals surface area contributed by atoms with Gasteiger partial charge in [0.15, 0.2) is 15.7 Å². The Hall–Kier alpha value is -3.94. The normalized spacial score (nSPS) is 13.4. The molecule has 5 aromatic rings. The van der Waals surface area contributed by atoms with Crippen molar-refractivity contribution < 1.29 is 26.0 Å². The predicted molar refractivity (Wildman–Crippen MR) is 151 cm³/mol. The highest BCUT2D eigenvalue weighted by atomic mass is 35.5. The van der Waals surface area contributed by atoms with E-state index >= 15 is 4.39 Å². The molecule has 1 aliphatic carbocycles. The molecule has 0 radical (unpaired) electrons. The summed E-state index contributed by atoms with van der Waals surface area (Å²) >= 11 is 6.79. The highest BCUT2D eigenvalue weighted by Gasteiger charge is 2.29. The third kappa shape index (κ3) is 5.59. The van der Waals surface area contributed by atoms with Crippen molar-refractivity contribution in [2.24, 2.45) is 0 Å². The Balaban J connectivity index is 1.46. The van der Waals surface area contributed by atoms with Crippen LogP contribution in [-0.2, 0) is 15.6 Å². The van der Waals surface area contributed by atoms with Crippen LogP contribution in [0.1, 0.15) is 18.4 Å². The van der Waals surface area contributed by atoms with E-state index in [4.69, 9.17) is 11.6 Å². The van der Waals surface area contributed by atoms with E-state index in [0.29, 0.717) is 27.1 Å². The molecule has 0 spiro atoms. The van der Waals surface area contributed by atoms with Gasteiger partial charge in [0, 0.05) is 35.1 Å². The highest BCUT2D eigenvalue weighted by Crippen LogP contribution is 2.42. The molecule has 214 valence electrons. The minimum Gasteiger partial charge on any atom is -0.351 e. The van der Waals surface area contributed by atoms with E-state index in [2.05, 4.69) is 25.3 Å². The van der Waals surface area contributed by atoms with Crippen molar-refractivity contribution in [2.75, 3.05) is 5.32 Å². The van der Waals surface area contributed by atoms with E-state index in [1.807, 2.05) is 0 Å². The maximum absolute atomic E-state index is 16.1. The van der Waals surface area contributed by atoms with E-state index in [1.54, 1.807) is 6.07 Å². The number of rotatable bonds is 8. The van der Waals surface area contributed by atoms with Crippen molar-refractivity contribution in [2.45, 2.75) is 29.5 Å². The maximum atomic E-state index is 16.1. The number of aromatic nitrogens is 4. The number of anilines is 1.